The van der Waals surface area contributed by atoms with E-state index in [1.165, 1.54) is 25.7 Å². The van der Waals surface area contributed by atoms with Crippen molar-refractivity contribution in [2.45, 2.75) is 45.1 Å². The molecule has 1 aromatic carbocycles. The van der Waals surface area contributed by atoms with Gasteiger partial charge in [-0.1, -0.05) is 38.0 Å². The van der Waals surface area contributed by atoms with E-state index in [4.69, 9.17) is 0 Å². The maximum atomic E-state index is 13.7. The van der Waals surface area contributed by atoms with Gasteiger partial charge in [-0.2, -0.15) is 0 Å². The molecule has 1 saturated carbocycles. The molecule has 0 aliphatic heterocycles. The number of rotatable bonds is 4. The first-order chi connectivity index (χ1) is 8.70. The number of hydrogen-bond donors (Lipinski definition) is 1. The van der Waals surface area contributed by atoms with Crippen molar-refractivity contribution >= 4 is 0 Å². The molecular weight excluding hydrogens is 225 g/mol. The first-order valence-electron chi connectivity index (χ1n) is 7.11. The Morgan fingerprint density at radius 1 is 1.22 bits per heavy atom. The molecule has 1 unspecified atom stereocenters. The molecule has 18 heavy (non-hydrogen) atoms. The van der Waals surface area contributed by atoms with Gasteiger partial charge >= 0.3 is 0 Å². The van der Waals surface area contributed by atoms with Crippen LogP contribution in [0.1, 0.15) is 38.2 Å². The molecule has 1 N–H and O–H groups in total. The molecule has 1 fully saturated rings. The van der Waals surface area contributed by atoms with E-state index in [9.17, 15) is 4.39 Å². The van der Waals surface area contributed by atoms with E-state index in [2.05, 4.69) is 12.2 Å². The Morgan fingerprint density at radius 2 is 1.89 bits per heavy atom. The maximum Gasteiger partial charge on any atom is 0.126 e. The van der Waals surface area contributed by atoms with E-state index in [1.54, 1.807) is 12.1 Å². The van der Waals surface area contributed by atoms with Gasteiger partial charge in [-0.15, -0.1) is 0 Å². The minimum atomic E-state index is -0.0677. The summed E-state index contributed by atoms with van der Waals surface area (Å²) < 4.78 is 13.7. The normalized spacial score (nSPS) is 25.9. The molecule has 2 heteroatoms. The Morgan fingerprint density at radius 3 is 2.50 bits per heavy atom. The summed E-state index contributed by atoms with van der Waals surface area (Å²) in [5.41, 5.74) is 0.843. The Hall–Kier alpha value is -0.890. The fourth-order valence-corrected chi connectivity index (χ4v) is 3.09. The highest BCUT2D eigenvalue weighted by molar-refractivity contribution is 5.18. The van der Waals surface area contributed by atoms with Gasteiger partial charge in [0.2, 0.25) is 0 Å². The van der Waals surface area contributed by atoms with Crippen molar-refractivity contribution in [1.82, 2.24) is 5.32 Å². The van der Waals surface area contributed by atoms with Crippen LogP contribution in [0.15, 0.2) is 24.3 Å². The van der Waals surface area contributed by atoms with E-state index in [1.807, 2.05) is 19.2 Å². The predicted octanol–water partition coefficient (Wildman–Crippen LogP) is 3.78. The quantitative estimate of drug-likeness (QED) is 0.856. The standard InChI is InChI=1S/C16H24FN/c1-12-7-9-13(10-8-12)16(18-2)11-14-5-3-4-6-15(14)17/h3-6,12-13,16,18H,7-11H2,1-2H3. The van der Waals surface area contributed by atoms with Crippen LogP contribution in [0.25, 0.3) is 0 Å². The lowest BCUT2D eigenvalue weighted by Gasteiger charge is -2.32. The molecule has 1 aliphatic carbocycles. The molecule has 1 nitrogen and oxygen atoms in total. The second-order valence-electron chi connectivity index (χ2n) is 5.71. The highest BCUT2D eigenvalue weighted by Crippen LogP contribution is 2.31. The molecule has 0 bridgehead atoms. The number of halogens is 1. The van der Waals surface area contributed by atoms with Crippen LogP contribution in [0.5, 0.6) is 0 Å². The predicted molar refractivity (Wildman–Crippen MR) is 74.1 cm³/mol. The third-order valence-corrected chi connectivity index (χ3v) is 4.40. The number of hydrogen-bond acceptors (Lipinski definition) is 1. The highest BCUT2D eigenvalue weighted by Gasteiger charge is 2.25. The van der Waals surface area contributed by atoms with Crippen LogP contribution in [0.2, 0.25) is 0 Å². The zero-order valence-corrected chi connectivity index (χ0v) is 11.5. The Balaban J connectivity index is 1.99. The van der Waals surface area contributed by atoms with Crippen molar-refractivity contribution in [2.75, 3.05) is 7.05 Å². The molecule has 0 saturated heterocycles. The topological polar surface area (TPSA) is 12.0 Å². The van der Waals surface area contributed by atoms with Crippen LogP contribution >= 0.6 is 0 Å². The summed E-state index contributed by atoms with van der Waals surface area (Å²) >= 11 is 0. The van der Waals surface area contributed by atoms with Gasteiger partial charge in [0.15, 0.2) is 0 Å². The van der Waals surface area contributed by atoms with Crippen LogP contribution < -0.4 is 5.32 Å². The molecule has 0 spiro atoms. The summed E-state index contributed by atoms with van der Waals surface area (Å²) in [5, 5.41) is 3.40. The lowest BCUT2D eigenvalue weighted by atomic mass is 9.78. The molecule has 0 heterocycles. The lowest BCUT2D eigenvalue weighted by Crippen LogP contribution is -2.37. The van der Waals surface area contributed by atoms with Gasteiger partial charge in [0.25, 0.3) is 0 Å². The highest BCUT2D eigenvalue weighted by atomic mass is 19.1. The zero-order chi connectivity index (χ0) is 13.0. The Bertz CT molecular complexity index is 369. The van der Waals surface area contributed by atoms with Crippen LogP contribution in [-0.4, -0.2) is 13.1 Å². The average Bonchev–Trinajstić information content (AvgIpc) is 2.39. The summed E-state index contributed by atoms with van der Waals surface area (Å²) in [6, 6.07) is 7.56. The van der Waals surface area contributed by atoms with Crippen molar-refractivity contribution in [3.63, 3.8) is 0 Å². The van der Waals surface area contributed by atoms with Gasteiger partial charge in [-0.25, -0.2) is 4.39 Å². The summed E-state index contributed by atoms with van der Waals surface area (Å²) in [5.74, 6) is 1.50. The third-order valence-electron chi connectivity index (χ3n) is 4.40. The van der Waals surface area contributed by atoms with E-state index >= 15 is 0 Å². The fraction of sp³-hybridized carbons (Fsp3) is 0.625. The molecule has 0 amide bonds. The first-order valence-corrected chi connectivity index (χ1v) is 7.11. The van der Waals surface area contributed by atoms with Crippen molar-refractivity contribution in [3.8, 4) is 0 Å². The summed E-state index contributed by atoms with van der Waals surface area (Å²) in [6.45, 7) is 2.33. The van der Waals surface area contributed by atoms with Crippen LogP contribution in [0, 0.1) is 17.7 Å². The zero-order valence-electron chi connectivity index (χ0n) is 11.5. The van der Waals surface area contributed by atoms with Crippen LogP contribution in [-0.2, 0) is 6.42 Å². The molecule has 1 atom stereocenters. The summed E-state index contributed by atoms with van der Waals surface area (Å²) in [4.78, 5) is 0. The monoisotopic (exact) mass is 249 g/mol. The SMILES string of the molecule is CNC(Cc1ccccc1F)C1CCC(C)CC1. The van der Waals surface area contributed by atoms with Gasteiger partial charge in [0.1, 0.15) is 5.82 Å². The van der Waals surface area contributed by atoms with E-state index in [0.29, 0.717) is 12.0 Å². The minimum absolute atomic E-state index is 0.0677. The van der Waals surface area contributed by atoms with Gasteiger partial charge in [0, 0.05) is 6.04 Å². The third kappa shape index (κ3) is 3.32. The first kappa shape index (κ1) is 13.5. The summed E-state index contributed by atoms with van der Waals surface area (Å²) in [7, 11) is 2.00. The fourth-order valence-electron chi connectivity index (χ4n) is 3.09. The molecule has 100 valence electrons. The minimum Gasteiger partial charge on any atom is -0.316 e. The second kappa shape index (κ2) is 6.33. The lowest BCUT2D eigenvalue weighted by molar-refractivity contribution is 0.234. The van der Waals surface area contributed by atoms with Crippen LogP contribution in [0.3, 0.4) is 0 Å². The van der Waals surface area contributed by atoms with Crippen LogP contribution in [0.4, 0.5) is 4.39 Å². The molecule has 2 rings (SSSR count). The van der Waals surface area contributed by atoms with E-state index in [0.717, 1.165) is 17.9 Å². The molecule has 0 radical (unpaired) electrons. The van der Waals surface area contributed by atoms with Crippen molar-refractivity contribution in [1.29, 1.82) is 0 Å². The van der Waals surface area contributed by atoms with Gasteiger partial charge in [0.05, 0.1) is 0 Å². The summed E-state index contributed by atoms with van der Waals surface area (Å²) in [6.07, 6.45) is 6.00. The Kier molecular flexibility index (Phi) is 4.76. The molecule has 0 aromatic heterocycles. The van der Waals surface area contributed by atoms with Crippen molar-refractivity contribution in [3.05, 3.63) is 35.6 Å². The van der Waals surface area contributed by atoms with Gasteiger partial charge in [-0.3, -0.25) is 0 Å². The number of benzene rings is 1. The van der Waals surface area contributed by atoms with Gasteiger partial charge < -0.3 is 5.32 Å². The van der Waals surface area contributed by atoms with E-state index in [-0.39, 0.29) is 5.82 Å². The average molecular weight is 249 g/mol. The molecule has 1 aliphatic rings. The van der Waals surface area contributed by atoms with Gasteiger partial charge in [-0.05, 0) is 49.8 Å². The smallest absolute Gasteiger partial charge is 0.126 e. The Labute approximate surface area is 110 Å². The van der Waals surface area contributed by atoms with Crippen molar-refractivity contribution in [2.24, 2.45) is 11.8 Å². The maximum absolute atomic E-state index is 13.7. The van der Waals surface area contributed by atoms with Crippen molar-refractivity contribution < 1.29 is 4.39 Å². The van der Waals surface area contributed by atoms with E-state index < -0.39 is 0 Å². The number of likely N-dealkylation sites (N-methyl/N-ethyl adjacent to an activating group) is 1. The molecule has 1 aromatic rings. The number of nitrogens with one attached hydrogen (secondary N) is 1. The second-order valence-corrected chi connectivity index (χ2v) is 5.71. The largest absolute Gasteiger partial charge is 0.316 e. The molecular formula is C16H24FN.